The number of amides is 3. The summed E-state index contributed by atoms with van der Waals surface area (Å²) in [5, 5.41) is 5.50. The molecule has 0 spiro atoms. The van der Waals surface area contributed by atoms with Gasteiger partial charge in [0.1, 0.15) is 17.7 Å². The molecule has 2 atom stereocenters. The van der Waals surface area contributed by atoms with E-state index in [9.17, 15) is 14.4 Å². The van der Waals surface area contributed by atoms with E-state index in [-0.39, 0.29) is 18.2 Å². The second-order valence-electron chi connectivity index (χ2n) is 8.64. The molecule has 0 bridgehead atoms. The zero-order valence-electron chi connectivity index (χ0n) is 20.3. The summed E-state index contributed by atoms with van der Waals surface area (Å²) in [6.07, 6.45) is 7.81. The molecule has 8 heteroatoms. The number of hydrogen-bond acceptors (Lipinski definition) is 5. The molecule has 182 valence electrons. The molecule has 0 fully saturated rings. The molecular weight excluding hydrogens is 438 g/mol. The number of nitrogens with zero attached hydrogens (tertiary/aromatic N) is 1. The highest BCUT2D eigenvalue weighted by molar-refractivity contribution is 7.80. The number of carbonyl (C=O) groups is 3. The average Bonchev–Trinajstić information content (AvgIpc) is 2.76. The molecule has 1 aromatic carbocycles. The monoisotopic (exact) mass is 475 g/mol. The van der Waals surface area contributed by atoms with E-state index in [1.165, 1.54) is 4.90 Å². The third-order valence-electron chi connectivity index (χ3n) is 4.85. The summed E-state index contributed by atoms with van der Waals surface area (Å²) in [7, 11) is 0. The third kappa shape index (κ3) is 9.01. The van der Waals surface area contributed by atoms with Crippen molar-refractivity contribution in [3.05, 3.63) is 35.4 Å². The lowest BCUT2D eigenvalue weighted by molar-refractivity contribution is -0.141. The number of terminal acetylenes is 1. The fourth-order valence-electron chi connectivity index (χ4n) is 3.30. The number of benzene rings is 1. The van der Waals surface area contributed by atoms with Gasteiger partial charge in [-0.3, -0.25) is 9.59 Å². The molecule has 0 saturated heterocycles. The number of unbranched alkanes of at least 4 members (excludes halogenated alkanes) is 2. The Balaban J connectivity index is 3.26. The van der Waals surface area contributed by atoms with Crippen LogP contribution >= 0.6 is 12.6 Å². The number of nitrogens with one attached hydrogen (secondary N) is 2. The van der Waals surface area contributed by atoms with Gasteiger partial charge in [0.05, 0.1) is 0 Å². The molecule has 0 aliphatic heterocycles. The SMILES string of the molecule is C#Cc1ccccc1C(C(=O)NCCCCC)N(CC)C(=O)C(CS)NC(=O)OC(C)(C)C. The number of thiol groups is 1. The van der Waals surface area contributed by atoms with Crippen LogP contribution in [0.4, 0.5) is 4.79 Å². The number of carbonyl (C=O) groups excluding carboxylic acids is 3. The predicted octanol–water partition coefficient (Wildman–Crippen LogP) is 3.69. The lowest BCUT2D eigenvalue weighted by Gasteiger charge is -2.33. The van der Waals surface area contributed by atoms with Crippen LogP contribution in [0.5, 0.6) is 0 Å². The van der Waals surface area contributed by atoms with Crippen LogP contribution in [0, 0.1) is 12.3 Å². The maximum absolute atomic E-state index is 13.5. The minimum atomic E-state index is -0.975. The van der Waals surface area contributed by atoms with Crippen molar-refractivity contribution in [2.45, 2.75) is 71.6 Å². The number of hydrogen-bond donors (Lipinski definition) is 3. The van der Waals surface area contributed by atoms with Crippen LogP contribution in [0.2, 0.25) is 0 Å². The van der Waals surface area contributed by atoms with Crippen molar-refractivity contribution in [1.29, 1.82) is 0 Å². The summed E-state index contributed by atoms with van der Waals surface area (Å²) >= 11 is 4.25. The fourth-order valence-corrected chi connectivity index (χ4v) is 3.55. The first-order valence-corrected chi connectivity index (χ1v) is 12.0. The van der Waals surface area contributed by atoms with Crippen LogP contribution in [-0.4, -0.2) is 53.3 Å². The van der Waals surface area contributed by atoms with Crippen molar-refractivity contribution >= 4 is 30.5 Å². The van der Waals surface area contributed by atoms with E-state index in [0.29, 0.717) is 17.7 Å². The number of likely N-dealkylation sites (N-methyl/N-ethyl adjacent to an activating group) is 1. The molecule has 0 saturated carbocycles. The Morgan fingerprint density at radius 1 is 1.18 bits per heavy atom. The second-order valence-corrected chi connectivity index (χ2v) is 9.00. The van der Waals surface area contributed by atoms with Gasteiger partial charge in [0.15, 0.2) is 0 Å². The van der Waals surface area contributed by atoms with E-state index in [1.54, 1.807) is 52.0 Å². The van der Waals surface area contributed by atoms with E-state index >= 15 is 0 Å². The van der Waals surface area contributed by atoms with Crippen LogP contribution in [0.1, 0.15) is 71.0 Å². The van der Waals surface area contributed by atoms with Crippen LogP contribution in [0.25, 0.3) is 0 Å². The second kappa shape index (κ2) is 13.8. The Morgan fingerprint density at radius 3 is 2.39 bits per heavy atom. The van der Waals surface area contributed by atoms with Gasteiger partial charge < -0.3 is 20.3 Å². The van der Waals surface area contributed by atoms with Crippen LogP contribution < -0.4 is 10.6 Å². The van der Waals surface area contributed by atoms with E-state index in [4.69, 9.17) is 11.2 Å². The van der Waals surface area contributed by atoms with Gasteiger partial charge in [-0.25, -0.2) is 4.79 Å². The summed E-state index contributed by atoms with van der Waals surface area (Å²) in [4.78, 5) is 40.5. The first-order chi connectivity index (χ1) is 15.6. The quantitative estimate of drug-likeness (QED) is 0.259. The van der Waals surface area contributed by atoms with Crippen molar-refractivity contribution in [2.24, 2.45) is 0 Å². The van der Waals surface area contributed by atoms with Crippen molar-refractivity contribution in [3.8, 4) is 12.3 Å². The smallest absolute Gasteiger partial charge is 0.408 e. The Kier molecular flexibility index (Phi) is 11.9. The van der Waals surface area contributed by atoms with Crippen LogP contribution in [0.3, 0.4) is 0 Å². The maximum atomic E-state index is 13.5. The summed E-state index contributed by atoms with van der Waals surface area (Å²) in [6, 6.07) is 5.13. The van der Waals surface area contributed by atoms with Gasteiger partial charge in [-0.15, -0.1) is 6.42 Å². The predicted molar refractivity (Wildman–Crippen MR) is 134 cm³/mol. The minimum absolute atomic E-state index is 0.0379. The van der Waals surface area contributed by atoms with Gasteiger partial charge >= 0.3 is 6.09 Å². The molecule has 0 heterocycles. The molecule has 0 aliphatic carbocycles. The van der Waals surface area contributed by atoms with E-state index in [2.05, 4.69) is 36.1 Å². The Labute approximate surface area is 203 Å². The fraction of sp³-hybridized carbons (Fsp3) is 0.560. The van der Waals surface area contributed by atoms with E-state index in [0.717, 1.165) is 19.3 Å². The van der Waals surface area contributed by atoms with E-state index < -0.39 is 29.7 Å². The Morgan fingerprint density at radius 2 is 1.85 bits per heavy atom. The molecule has 2 N–H and O–H groups in total. The molecular formula is C25H37N3O4S. The van der Waals surface area contributed by atoms with Crippen molar-refractivity contribution in [2.75, 3.05) is 18.8 Å². The molecule has 7 nitrogen and oxygen atoms in total. The summed E-state index contributed by atoms with van der Waals surface area (Å²) < 4.78 is 5.28. The lowest BCUT2D eigenvalue weighted by atomic mass is 9.97. The Bertz CT molecular complexity index is 845. The van der Waals surface area contributed by atoms with Crippen LogP contribution in [-0.2, 0) is 14.3 Å². The average molecular weight is 476 g/mol. The summed E-state index contributed by atoms with van der Waals surface area (Å²) in [5.74, 6) is 1.88. The standard InChI is InChI=1S/C25H37N3O4S/c1-7-10-13-16-26-22(29)21(19-15-12-11-14-18(19)8-2)28(9-3)23(30)20(17-33)27-24(31)32-25(4,5)6/h2,11-12,14-15,20-21,33H,7,9-10,13,16-17H2,1,3-6H3,(H,26,29)(H,27,31). The zero-order valence-corrected chi connectivity index (χ0v) is 21.2. The molecule has 33 heavy (non-hydrogen) atoms. The van der Waals surface area contributed by atoms with Gasteiger partial charge in [-0.05, 0) is 45.7 Å². The molecule has 3 amide bonds. The highest BCUT2D eigenvalue weighted by atomic mass is 32.1. The molecule has 1 rings (SSSR count). The first kappa shape index (κ1) is 28.4. The zero-order chi connectivity index (χ0) is 25.0. The highest BCUT2D eigenvalue weighted by Gasteiger charge is 2.35. The molecule has 0 aliphatic rings. The number of ether oxygens (including phenoxy) is 1. The van der Waals surface area contributed by atoms with Gasteiger partial charge in [0.25, 0.3) is 0 Å². The van der Waals surface area contributed by atoms with Gasteiger partial charge in [0, 0.05) is 24.4 Å². The number of alkyl carbamates (subject to hydrolysis) is 1. The van der Waals surface area contributed by atoms with Crippen molar-refractivity contribution in [1.82, 2.24) is 15.5 Å². The highest BCUT2D eigenvalue weighted by Crippen LogP contribution is 2.25. The summed E-state index contributed by atoms with van der Waals surface area (Å²) in [6.45, 7) is 9.79. The molecule has 2 unspecified atom stereocenters. The third-order valence-corrected chi connectivity index (χ3v) is 5.21. The van der Waals surface area contributed by atoms with E-state index in [1.807, 2.05) is 0 Å². The summed E-state index contributed by atoms with van der Waals surface area (Å²) in [5.41, 5.74) is 0.365. The normalized spacial score (nSPS) is 12.8. The van der Waals surface area contributed by atoms with Gasteiger partial charge in [0.2, 0.25) is 11.8 Å². The lowest BCUT2D eigenvalue weighted by Crippen LogP contribution is -2.53. The number of rotatable bonds is 11. The van der Waals surface area contributed by atoms with Crippen molar-refractivity contribution in [3.63, 3.8) is 0 Å². The van der Waals surface area contributed by atoms with Crippen LogP contribution in [0.15, 0.2) is 24.3 Å². The molecule has 1 aromatic rings. The largest absolute Gasteiger partial charge is 0.444 e. The van der Waals surface area contributed by atoms with Gasteiger partial charge in [-0.2, -0.15) is 12.6 Å². The maximum Gasteiger partial charge on any atom is 0.408 e. The minimum Gasteiger partial charge on any atom is -0.444 e. The molecule has 0 aromatic heterocycles. The Hall–Kier alpha value is -2.66. The van der Waals surface area contributed by atoms with Gasteiger partial charge in [-0.1, -0.05) is 43.9 Å². The topological polar surface area (TPSA) is 87.7 Å². The molecule has 0 radical (unpaired) electrons. The van der Waals surface area contributed by atoms with Crippen molar-refractivity contribution < 1.29 is 19.1 Å². The first-order valence-electron chi connectivity index (χ1n) is 11.3.